The largest absolute Gasteiger partial charge is 0.395 e. The van der Waals surface area contributed by atoms with Gasteiger partial charge >= 0.3 is 0 Å². The van der Waals surface area contributed by atoms with Gasteiger partial charge in [0.25, 0.3) is 0 Å². The maximum Gasteiger partial charge on any atom is 0.233 e. The molecule has 128 valence electrons. The van der Waals surface area contributed by atoms with E-state index in [-0.39, 0.29) is 18.2 Å². The van der Waals surface area contributed by atoms with Crippen LogP contribution in [0.25, 0.3) is 0 Å². The second kappa shape index (κ2) is 7.84. The lowest BCUT2D eigenvalue weighted by Crippen LogP contribution is -2.37. The molecular formula is C15H19FN6O2. The van der Waals surface area contributed by atoms with E-state index in [1.54, 1.807) is 18.2 Å². The van der Waals surface area contributed by atoms with Crippen molar-refractivity contribution in [3.63, 3.8) is 0 Å². The van der Waals surface area contributed by atoms with Gasteiger partial charge in [-0.1, -0.05) is 12.1 Å². The number of ether oxygens (including phenoxy) is 1. The molecule has 24 heavy (non-hydrogen) atoms. The van der Waals surface area contributed by atoms with Gasteiger partial charge in [0, 0.05) is 19.6 Å². The first-order valence-electron chi connectivity index (χ1n) is 7.71. The monoisotopic (exact) mass is 334 g/mol. The SMILES string of the molecule is OCCNc1nc(Nc2ccccc2F)nc(N2CCOCC2)n1. The zero-order valence-corrected chi connectivity index (χ0v) is 13.1. The summed E-state index contributed by atoms with van der Waals surface area (Å²) in [6.45, 7) is 2.80. The number of morpholine rings is 1. The summed E-state index contributed by atoms with van der Waals surface area (Å²) in [4.78, 5) is 14.9. The van der Waals surface area contributed by atoms with E-state index in [4.69, 9.17) is 9.84 Å². The minimum Gasteiger partial charge on any atom is -0.395 e. The van der Waals surface area contributed by atoms with Crippen molar-refractivity contribution in [3.05, 3.63) is 30.1 Å². The predicted molar refractivity (Wildman–Crippen MR) is 88.1 cm³/mol. The molecule has 0 atom stereocenters. The van der Waals surface area contributed by atoms with Gasteiger partial charge in [-0.25, -0.2) is 4.39 Å². The van der Waals surface area contributed by atoms with Crippen molar-refractivity contribution < 1.29 is 14.2 Å². The first kappa shape index (κ1) is 16.3. The number of hydrogen-bond acceptors (Lipinski definition) is 8. The number of halogens is 1. The van der Waals surface area contributed by atoms with Crippen molar-refractivity contribution in [2.45, 2.75) is 0 Å². The number of rotatable bonds is 6. The molecule has 1 aromatic heterocycles. The lowest BCUT2D eigenvalue weighted by molar-refractivity contribution is 0.122. The number of nitrogens with one attached hydrogen (secondary N) is 2. The molecule has 0 amide bonds. The van der Waals surface area contributed by atoms with E-state index in [2.05, 4.69) is 25.6 Å². The normalized spacial score (nSPS) is 14.5. The zero-order valence-electron chi connectivity index (χ0n) is 13.1. The topological polar surface area (TPSA) is 95.4 Å². The molecule has 0 aliphatic carbocycles. The average molecular weight is 334 g/mol. The number of anilines is 4. The fraction of sp³-hybridized carbons (Fsp3) is 0.400. The van der Waals surface area contributed by atoms with E-state index in [1.807, 2.05) is 4.90 Å². The predicted octanol–water partition coefficient (Wildman–Crippen LogP) is 0.995. The van der Waals surface area contributed by atoms with Crippen LogP contribution in [-0.4, -0.2) is 59.5 Å². The molecule has 2 heterocycles. The quantitative estimate of drug-likeness (QED) is 0.720. The molecule has 1 fully saturated rings. The Morgan fingerprint density at radius 1 is 1.12 bits per heavy atom. The summed E-state index contributed by atoms with van der Waals surface area (Å²) in [6.07, 6.45) is 0. The molecule has 9 heteroatoms. The summed E-state index contributed by atoms with van der Waals surface area (Å²) in [6, 6.07) is 6.30. The van der Waals surface area contributed by atoms with Gasteiger partial charge in [-0.3, -0.25) is 0 Å². The number of aliphatic hydroxyl groups excluding tert-OH is 1. The highest BCUT2D eigenvalue weighted by atomic mass is 19.1. The molecule has 0 bridgehead atoms. The molecule has 0 radical (unpaired) electrons. The maximum atomic E-state index is 13.8. The van der Waals surface area contributed by atoms with Crippen LogP contribution in [0, 0.1) is 5.82 Å². The van der Waals surface area contributed by atoms with Crippen molar-refractivity contribution in [3.8, 4) is 0 Å². The summed E-state index contributed by atoms with van der Waals surface area (Å²) in [7, 11) is 0. The summed E-state index contributed by atoms with van der Waals surface area (Å²) < 4.78 is 19.2. The van der Waals surface area contributed by atoms with E-state index < -0.39 is 5.82 Å². The van der Waals surface area contributed by atoms with Gasteiger partial charge in [0.2, 0.25) is 17.8 Å². The van der Waals surface area contributed by atoms with Crippen molar-refractivity contribution in [2.24, 2.45) is 0 Å². The molecule has 1 aromatic carbocycles. The van der Waals surface area contributed by atoms with Crippen molar-refractivity contribution in [2.75, 3.05) is 55.0 Å². The van der Waals surface area contributed by atoms with Crippen LogP contribution in [0.15, 0.2) is 24.3 Å². The molecule has 8 nitrogen and oxygen atoms in total. The van der Waals surface area contributed by atoms with Gasteiger partial charge in [-0.2, -0.15) is 15.0 Å². The second-order valence-corrected chi connectivity index (χ2v) is 5.14. The molecule has 0 unspecified atom stereocenters. The number of benzene rings is 1. The van der Waals surface area contributed by atoms with Crippen LogP contribution in [0.5, 0.6) is 0 Å². The summed E-state index contributed by atoms with van der Waals surface area (Å²) >= 11 is 0. The summed E-state index contributed by atoms with van der Waals surface area (Å²) in [5, 5.41) is 14.7. The summed E-state index contributed by atoms with van der Waals surface area (Å²) in [5.41, 5.74) is 0.282. The average Bonchev–Trinajstić information content (AvgIpc) is 2.62. The molecule has 0 spiro atoms. The molecule has 2 aromatic rings. The van der Waals surface area contributed by atoms with Crippen molar-refractivity contribution >= 4 is 23.5 Å². The van der Waals surface area contributed by atoms with Crippen LogP contribution < -0.4 is 15.5 Å². The van der Waals surface area contributed by atoms with Gasteiger partial charge in [-0.05, 0) is 12.1 Å². The van der Waals surface area contributed by atoms with E-state index in [9.17, 15) is 4.39 Å². The molecule has 3 N–H and O–H groups in total. The number of aromatic nitrogens is 3. The fourth-order valence-corrected chi connectivity index (χ4v) is 2.26. The molecular weight excluding hydrogens is 315 g/mol. The van der Waals surface area contributed by atoms with Crippen LogP contribution in [0.1, 0.15) is 0 Å². The van der Waals surface area contributed by atoms with Gasteiger partial charge in [-0.15, -0.1) is 0 Å². The van der Waals surface area contributed by atoms with Crippen LogP contribution >= 0.6 is 0 Å². The Bertz CT molecular complexity index is 681. The van der Waals surface area contributed by atoms with Crippen molar-refractivity contribution in [1.82, 2.24) is 15.0 Å². The third-order valence-electron chi connectivity index (χ3n) is 3.43. The highest BCUT2D eigenvalue weighted by Gasteiger charge is 2.17. The minimum atomic E-state index is -0.393. The Kier molecular flexibility index (Phi) is 5.34. The number of aliphatic hydroxyl groups is 1. The van der Waals surface area contributed by atoms with E-state index >= 15 is 0 Å². The van der Waals surface area contributed by atoms with Gasteiger partial charge < -0.3 is 25.4 Å². The van der Waals surface area contributed by atoms with Gasteiger partial charge in [0.15, 0.2) is 0 Å². The van der Waals surface area contributed by atoms with Crippen molar-refractivity contribution in [1.29, 1.82) is 0 Å². The number of nitrogens with zero attached hydrogens (tertiary/aromatic N) is 4. The number of hydrogen-bond donors (Lipinski definition) is 3. The van der Waals surface area contributed by atoms with Gasteiger partial charge in [0.1, 0.15) is 5.82 Å². The molecule has 1 aliphatic rings. The number of para-hydroxylation sites is 1. The third-order valence-corrected chi connectivity index (χ3v) is 3.43. The Morgan fingerprint density at radius 3 is 2.62 bits per heavy atom. The van der Waals surface area contributed by atoms with E-state index in [1.165, 1.54) is 6.07 Å². The Balaban J connectivity index is 1.87. The molecule has 3 rings (SSSR count). The van der Waals surface area contributed by atoms with E-state index in [0.717, 1.165) is 0 Å². The first-order valence-corrected chi connectivity index (χ1v) is 7.71. The lowest BCUT2D eigenvalue weighted by atomic mass is 10.3. The summed E-state index contributed by atoms with van der Waals surface area (Å²) in [5.74, 6) is 0.639. The minimum absolute atomic E-state index is 0.0470. The Labute approximate surface area is 138 Å². The second-order valence-electron chi connectivity index (χ2n) is 5.14. The lowest BCUT2D eigenvalue weighted by Gasteiger charge is -2.27. The van der Waals surface area contributed by atoms with E-state index in [0.29, 0.717) is 44.7 Å². The fourth-order valence-electron chi connectivity index (χ4n) is 2.26. The molecule has 1 saturated heterocycles. The Morgan fingerprint density at radius 2 is 1.88 bits per heavy atom. The maximum absolute atomic E-state index is 13.8. The highest BCUT2D eigenvalue weighted by molar-refractivity contribution is 5.56. The zero-order chi connectivity index (χ0) is 16.8. The third kappa shape index (κ3) is 4.06. The van der Waals surface area contributed by atoms with Crippen LogP contribution in [0.2, 0.25) is 0 Å². The van der Waals surface area contributed by atoms with Gasteiger partial charge in [0.05, 0.1) is 25.5 Å². The first-order chi connectivity index (χ1) is 11.8. The van der Waals surface area contributed by atoms with Crippen LogP contribution in [0.4, 0.5) is 27.9 Å². The molecule has 1 aliphatic heterocycles. The Hall–Kier alpha value is -2.52. The highest BCUT2D eigenvalue weighted by Crippen LogP contribution is 2.20. The van der Waals surface area contributed by atoms with Crippen LogP contribution in [0.3, 0.4) is 0 Å². The smallest absolute Gasteiger partial charge is 0.233 e. The molecule has 0 saturated carbocycles. The van der Waals surface area contributed by atoms with Crippen LogP contribution in [-0.2, 0) is 4.74 Å². The standard InChI is InChI=1S/C15H19FN6O2/c16-11-3-1-2-4-12(11)18-14-19-13(17-5-8-23)20-15(21-14)22-6-9-24-10-7-22/h1-4,23H,5-10H2,(H2,17,18,19,20,21).